The van der Waals surface area contributed by atoms with E-state index in [0.29, 0.717) is 43.1 Å². The zero-order valence-electron chi connectivity index (χ0n) is 23.7. The molecule has 0 spiro atoms. The standard InChI is InChI=1S/C31H33ClFN7O2/c1-4-25(41)39-12-13-40(18(2)16-39)30-22-15-23(32)26(28-21-10-6-5-8-19(21)14-24(34)35-28)27(33)29(22)36-31(37-30)42-17-20-9-7-11-38(20)3/h4-6,8,10,14-15,18,20H,1,7,9,11-13,16-17H2,2-3H3,(H2,34,35)/t18-,20-/m0/s1. The van der Waals surface area contributed by atoms with Crippen molar-refractivity contribution in [2.75, 3.05) is 50.5 Å². The summed E-state index contributed by atoms with van der Waals surface area (Å²) in [4.78, 5) is 32.2. The summed E-state index contributed by atoms with van der Waals surface area (Å²) in [7, 11) is 2.07. The number of nitrogen functional groups attached to an aromatic ring is 1. The number of hydrogen-bond acceptors (Lipinski definition) is 8. The smallest absolute Gasteiger partial charge is 0.319 e. The minimum absolute atomic E-state index is 0.0827. The van der Waals surface area contributed by atoms with Gasteiger partial charge in [0.05, 0.1) is 16.3 Å². The van der Waals surface area contributed by atoms with Gasteiger partial charge in [0, 0.05) is 42.5 Å². The van der Waals surface area contributed by atoms with Crippen molar-refractivity contribution >= 4 is 50.8 Å². The molecule has 0 radical (unpaired) electrons. The Morgan fingerprint density at radius 2 is 2.00 bits per heavy atom. The fourth-order valence-corrected chi connectivity index (χ4v) is 6.31. The molecular weight excluding hydrogens is 557 g/mol. The number of likely N-dealkylation sites (tertiary alicyclic amines) is 1. The number of fused-ring (bicyclic) bond motifs is 2. The lowest BCUT2D eigenvalue weighted by Crippen LogP contribution is -2.53. The molecule has 2 aliphatic heterocycles. The van der Waals surface area contributed by atoms with Crippen molar-refractivity contribution in [3.8, 4) is 17.3 Å². The van der Waals surface area contributed by atoms with Crippen molar-refractivity contribution in [2.24, 2.45) is 0 Å². The maximum atomic E-state index is 16.7. The molecule has 4 aromatic rings. The molecule has 2 aliphatic rings. The van der Waals surface area contributed by atoms with Crippen LogP contribution in [0.4, 0.5) is 16.0 Å². The summed E-state index contributed by atoms with van der Waals surface area (Å²) in [5, 5.41) is 2.17. The van der Waals surface area contributed by atoms with Crippen LogP contribution in [0.3, 0.4) is 0 Å². The van der Waals surface area contributed by atoms with Crippen LogP contribution in [0.1, 0.15) is 19.8 Å². The molecule has 2 aromatic carbocycles. The third-order valence-electron chi connectivity index (χ3n) is 8.30. The summed E-state index contributed by atoms with van der Waals surface area (Å²) in [6.45, 7) is 8.42. The van der Waals surface area contributed by atoms with Crippen LogP contribution < -0.4 is 15.4 Å². The number of carbonyl (C=O) groups excluding carboxylic acids is 1. The molecule has 2 fully saturated rings. The van der Waals surface area contributed by atoms with Gasteiger partial charge in [0.1, 0.15) is 23.8 Å². The SMILES string of the molecule is C=CC(=O)N1CCN(c2nc(OC[C@@H]3CCCN3C)nc3c(F)c(-c4nc(N)cc5ccccc45)c(Cl)cc23)[C@@H](C)C1. The normalized spacial score (nSPS) is 19.5. The van der Waals surface area contributed by atoms with E-state index in [-0.39, 0.29) is 45.9 Å². The topological polar surface area (TPSA) is 101 Å². The largest absolute Gasteiger partial charge is 0.462 e. The van der Waals surface area contributed by atoms with E-state index >= 15 is 4.39 Å². The fraction of sp³-hybridized carbons (Fsp3) is 0.355. The van der Waals surface area contributed by atoms with E-state index in [1.54, 1.807) is 17.0 Å². The Hall–Kier alpha value is -4.02. The van der Waals surface area contributed by atoms with Crippen molar-refractivity contribution in [1.29, 1.82) is 0 Å². The third-order valence-corrected chi connectivity index (χ3v) is 8.60. The van der Waals surface area contributed by atoms with Gasteiger partial charge in [-0.3, -0.25) is 4.79 Å². The summed E-state index contributed by atoms with van der Waals surface area (Å²) in [6.07, 6.45) is 3.42. The first-order chi connectivity index (χ1) is 20.2. The highest BCUT2D eigenvalue weighted by Crippen LogP contribution is 2.41. The van der Waals surface area contributed by atoms with Crippen LogP contribution in [-0.4, -0.2) is 82.6 Å². The van der Waals surface area contributed by atoms with Crippen molar-refractivity contribution in [2.45, 2.75) is 31.8 Å². The van der Waals surface area contributed by atoms with E-state index < -0.39 is 5.82 Å². The summed E-state index contributed by atoms with van der Waals surface area (Å²) in [5.41, 5.74) is 6.67. The van der Waals surface area contributed by atoms with Crippen LogP contribution in [0.5, 0.6) is 6.01 Å². The monoisotopic (exact) mass is 589 g/mol. The minimum atomic E-state index is -0.625. The summed E-state index contributed by atoms with van der Waals surface area (Å²) in [5.74, 6) is 0.0125. The molecule has 0 bridgehead atoms. The van der Waals surface area contributed by atoms with Gasteiger partial charge in [0.2, 0.25) is 5.91 Å². The van der Waals surface area contributed by atoms with E-state index in [1.807, 2.05) is 31.2 Å². The van der Waals surface area contributed by atoms with E-state index in [4.69, 9.17) is 27.1 Å². The number of hydrogen-bond donors (Lipinski definition) is 1. The van der Waals surface area contributed by atoms with E-state index in [9.17, 15) is 4.79 Å². The maximum Gasteiger partial charge on any atom is 0.319 e. The van der Waals surface area contributed by atoms with Gasteiger partial charge < -0.3 is 25.2 Å². The Morgan fingerprint density at radius 3 is 2.74 bits per heavy atom. The molecule has 9 nitrogen and oxygen atoms in total. The second-order valence-electron chi connectivity index (χ2n) is 11.0. The predicted molar refractivity (Wildman–Crippen MR) is 164 cm³/mol. The van der Waals surface area contributed by atoms with Gasteiger partial charge in [-0.15, -0.1) is 0 Å². The average Bonchev–Trinajstić information content (AvgIpc) is 3.39. The molecule has 2 saturated heterocycles. The number of halogens is 2. The van der Waals surface area contributed by atoms with Gasteiger partial charge in [0.25, 0.3) is 0 Å². The highest BCUT2D eigenvalue weighted by atomic mass is 35.5. The second-order valence-corrected chi connectivity index (χ2v) is 11.4. The molecule has 0 saturated carbocycles. The van der Waals surface area contributed by atoms with Crippen LogP contribution in [0, 0.1) is 5.82 Å². The summed E-state index contributed by atoms with van der Waals surface area (Å²) in [6, 6.07) is 11.1. The number of rotatable bonds is 6. The number of anilines is 2. The van der Waals surface area contributed by atoms with Gasteiger partial charge in [-0.2, -0.15) is 9.97 Å². The van der Waals surface area contributed by atoms with Crippen molar-refractivity contribution in [1.82, 2.24) is 24.8 Å². The number of ether oxygens (including phenoxy) is 1. The Labute approximate surface area is 248 Å². The number of amides is 1. The van der Waals surface area contributed by atoms with Crippen molar-refractivity contribution in [3.05, 3.63) is 59.9 Å². The predicted octanol–water partition coefficient (Wildman–Crippen LogP) is 4.92. The van der Waals surface area contributed by atoms with Crippen molar-refractivity contribution < 1.29 is 13.9 Å². The number of benzene rings is 2. The number of aromatic nitrogens is 3. The molecule has 2 N–H and O–H groups in total. The first kappa shape index (κ1) is 28.1. The van der Waals surface area contributed by atoms with Gasteiger partial charge in [-0.05, 0) is 57.0 Å². The number of nitrogens with two attached hydrogens (primary N) is 1. The number of likely N-dealkylation sites (N-methyl/N-ethyl adjacent to an activating group) is 1. The lowest BCUT2D eigenvalue weighted by atomic mass is 10.0. The minimum Gasteiger partial charge on any atom is -0.462 e. The first-order valence-corrected chi connectivity index (χ1v) is 14.5. The molecule has 11 heteroatoms. The fourth-order valence-electron chi connectivity index (χ4n) is 6.03. The third kappa shape index (κ3) is 5.09. The van der Waals surface area contributed by atoms with Crippen LogP contribution in [0.25, 0.3) is 32.9 Å². The highest BCUT2D eigenvalue weighted by Gasteiger charge is 2.31. The zero-order chi connectivity index (χ0) is 29.5. The number of piperazine rings is 1. The van der Waals surface area contributed by atoms with Gasteiger partial charge in [-0.25, -0.2) is 9.37 Å². The molecule has 0 aliphatic carbocycles. The van der Waals surface area contributed by atoms with E-state index in [0.717, 1.165) is 30.2 Å². The molecular formula is C31H33ClFN7O2. The molecule has 4 heterocycles. The lowest BCUT2D eigenvalue weighted by molar-refractivity contribution is -0.126. The quantitative estimate of drug-likeness (QED) is 0.317. The number of carbonyl (C=O) groups is 1. The van der Waals surface area contributed by atoms with E-state index in [1.165, 1.54) is 6.08 Å². The van der Waals surface area contributed by atoms with Crippen LogP contribution >= 0.6 is 11.6 Å². The molecule has 2 aromatic heterocycles. The number of nitrogens with zero attached hydrogens (tertiary/aromatic N) is 6. The molecule has 218 valence electrons. The van der Waals surface area contributed by atoms with Gasteiger partial charge >= 0.3 is 6.01 Å². The Balaban J connectivity index is 1.49. The van der Waals surface area contributed by atoms with E-state index in [2.05, 4.69) is 33.4 Å². The molecule has 0 unspecified atom stereocenters. The summed E-state index contributed by atoms with van der Waals surface area (Å²) >= 11 is 6.83. The average molecular weight is 590 g/mol. The Bertz CT molecular complexity index is 1700. The summed E-state index contributed by atoms with van der Waals surface area (Å²) < 4.78 is 22.8. The maximum absolute atomic E-state index is 16.7. The first-order valence-electron chi connectivity index (χ1n) is 14.1. The zero-order valence-corrected chi connectivity index (χ0v) is 24.4. The lowest BCUT2D eigenvalue weighted by Gasteiger charge is -2.40. The Morgan fingerprint density at radius 1 is 1.19 bits per heavy atom. The van der Waals surface area contributed by atoms with Gasteiger partial charge in [0.15, 0.2) is 5.82 Å². The van der Waals surface area contributed by atoms with Crippen LogP contribution in [0.15, 0.2) is 49.1 Å². The molecule has 1 amide bonds. The van der Waals surface area contributed by atoms with Crippen molar-refractivity contribution in [3.63, 3.8) is 0 Å². The molecule has 42 heavy (non-hydrogen) atoms. The second kappa shape index (κ2) is 11.3. The van der Waals surface area contributed by atoms with Crippen LogP contribution in [0.2, 0.25) is 5.02 Å². The highest BCUT2D eigenvalue weighted by molar-refractivity contribution is 6.34. The molecule has 2 atom stereocenters. The Kier molecular flexibility index (Phi) is 7.59. The van der Waals surface area contributed by atoms with Crippen LogP contribution in [-0.2, 0) is 4.79 Å². The molecule has 6 rings (SSSR count). The van der Waals surface area contributed by atoms with Gasteiger partial charge in [-0.1, -0.05) is 42.4 Å². The number of pyridine rings is 1.